The number of rotatable bonds is 13. The highest BCUT2D eigenvalue weighted by Gasteiger charge is 2.40. The summed E-state index contributed by atoms with van der Waals surface area (Å²) in [7, 11) is -4.08. The summed E-state index contributed by atoms with van der Waals surface area (Å²) in [5.41, 5.74) is 1.03. The maximum atomic E-state index is 14.3. The van der Waals surface area contributed by atoms with E-state index >= 15 is 0 Å². The Labute approximate surface area is 254 Å². The molecule has 0 spiro atoms. The van der Waals surface area contributed by atoms with Crippen LogP contribution in [-0.2, 0) is 32.6 Å². The van der Waals surface area contributed by atoms with Crippen molar-refractivity contribution in [3.05, 3.63) is 95.6 Å². The number of cyclic esters (lactones) is 1. The first-order valence-corrected chi connectivity index (χ1v) is 15.5. The molecule has 0 unspecified atom stereocenters. The summed E-state index contributed by atoms with van der Waals surface area (Å²) in [4.78, 5) is 26.7. The van der Waals surface area contributed by atoms with Crippen LogP contribution >= 0.6 is 0 Å². The number of nitrogens with zero attached hydrogens (tertiary/aromatic N) is 2. The topological polar surface area (TPSA) is 136 Å². The van der Waals surface area contributed by atoms with Crippen LogP contribution in [0, 0.1) is 17.6 Å². The van der Waals surface area contributed by atoms with Gasteiger partial charge < -0.3 is 20.3 Å². The van der Waals surface area contributed by atoms with E-state index in [0.717, 1.165) is 26.9 Å². The lowest BCUT2D eigenvalue weighted by molar-refractivity contribution is -0.129. The summed E-state index contributed by atoms with van der Waals surface area (Å²) in [6.07, 6.45) is -3.66. The van der Waals surface area contributed by atoms with Gasteiger partial charge >= 0.3 is 6.09 Å². The quantitative estimate of drug-likeness (QED) is 0.264. The Morgan fingerprint density at radius 3 is 2.34 bits per heavy atom. The number of sulfonamides is 1. The predicted molar refractivity (Wildman–Crippen MR) is 158 cm³/mol. The van der Waals surface area contributed by atoms with E-state index in [-0.39, 0.29) is 49.2 Å². The van der Waals surface area contributed by atoms with Crippen molar-refractivity contribution in [3.8, 4) is 0 Å². The van der Waals surface area contributed by atoms with Crippen LogP contribution in [-0.4, -0.2) is 72.8 Å². The number of amides is 2. The van der Waals surface area contributed by atoms with Crippen LogP contribution in [0.1, 0.15) is 25.0 Å². The monoisotopic (exact) mass is 631 g/mol. The minimum atomic E-state index is -4.08. The van der Waals surface area contributed by atoms with Gasteiger partial charge in [-0.2, -0.15) is 4.31 Å². The van der Waals surface area contributed by atoms with Crippen molar-refractivity contribution in [1.82, 2.24) is 9.62 Å². The van der Waals surface area contributed by atoms with Gasteiger partial charge in [-0.3, -0.25) is 9.69 Å². The molecule has 13 heteroatoms. The molecule has 10 nitrogen and oxygen atoms in total. The van der Waals surface area contributed by atoms with Crippen LogP contribution in [0.3, 0.4) is 0 Å². The molecule has 44 heavy (non-hydrogen) atoms. The van der Waals surface area contributed by atoms with Gasteiger partial charge in [0.2, 0.25) is 10.0 Å². The molecule has 3 atom stereocenters. The molecule has 4 rings (SSSR count). The van der Waals surface area contributed by atoms with E-state index in [0.29, 0.717) is 11.6 Å². The highest BCUT2D eigenvalue weighted by Crippen LogP contribution is 2.26. The number of aliphatic hydroxyl groups is 2. The van der Waals surface area contributed by atoms with Gasteiger partial charge in [-0.05, 0) is 47.7 Å². The molecule has 3 aromatic carbocycles. The third-order valence-electron chi connectivity index (χ3n) is 7.10. The fourth-order valence-corrected chi connectivity index (χ4v) is 6.47. The molecule has 3 aromatic rings. The molecule has 1 aliphatic rings. The number of anilines is 1. The van der Waals surface area contributed by atoms with Gasteiger partial charge in [-0.25, -0.2) is 22.0 Å². The number of halogens is 2. The van der Waals surface area contributed by atoms with Gasteiger partial charge in [-0.15, -0.1) is 0 Å². The van der Waals surface area contributed by atoms with Gasteiger partial charge in [0.25, 0.3) is 5.91 Å². The Hall–Kier alpha value is -3.91. The normalized spacial score (nSPS) is 16.7. The highest BCUT2D eigenvalue weighted by atomic mass is 32.2. The Morgan fingerprint density at radius 2 is 1.73 bits per heavy atom. The Bertz CT molecular complexity index is 1560. The van der Waals surface area contributed by atoms with Crippen molar-refractivity contribution >= 4 is 27.7 Å². The van der Waals surface area contributed by atoms with E-state index in [1.54, 1.807) is 30.3 Å². The second kappa shape index (κ2) is 14.2. The molecular formula is C31H35F2N3O7S. The summed E-state index contributed by atoms with van der Waals surface area (Å²) < 4.78 is 61.3. The molecule has 1 saturated heterocycles. The van der Waals surface area contributed by atoms with Gasteiger partial charge in [-0.1, -0.05) is 56.3 Å². The highest BCUT2D eigenvalue weighted by molar-refractivity contribution is 7.89. The maximum Gasteiger partial charge on any atom is 0.415 e. The molecule has 2 amide bonds. The Kier molecular flexibility index (Phi) is 10.7. The third-order valence-corrected chi connectivity index (χ3v) is 8.94. The zero-order valence-corrected chi connectivity index (χ0v) is 25.1. The number of carbonyl (C=O) groups is 2. The maximum absolute atomic E-state index is 14.3. The van der Waals surface area contributed by atoms with E-state index in [9.17, 15) is 37.0 Å². The number of ether oxygens (including phenoxy) is 1. The number of hydrogen-bond donors (Lipinski definition) is 3. The zero-order chi connectivity index (χ0) is 32.0. The summed E-state index contributed by atoms with van der Waals surface area (Å²) in [6.45, 7) is 2.76. The van der Waals surface area contributed by atoms with Gasteiger partial charge in [0, 0.05) is 19.2 Å². The van der Waals surface area contributed by atoms with E-state index in [1.807, 2.05) is 13.8 Å². The van der Waals surface area contributed by atoms with Crippen molar-refractivity contribution in [3.63, 3.8) is 0 Å². The third kappa shape index (κ3) is 7.97. The zero-order valence-electron chi connectivity index (χ0n) is 24.3. The number of aliphatic hydroxyl groups excluding tert-OH is 2. The summed E-state index contributed by atoms with van der Waals surface area (Å²) in [6, 6.07) is 16.3. The second-order valence-corrected chi connectivity index (χ2v) is 12.9. The van der Waals surface area contributed by atoms with E-state index in [2.05, 4.69) is 5.32 Å². The van der Waals surface area contributed by atoms with E-state index in [1.165, 1.54) is 24.3 Å². The average molecular weight is 632 g/mol. The van der Waals surface area contributed by atoms with E-state index in [4.69, 9.17) is 4.74 Å². The average Bonchev–Trinajstić information content (AvgIpc) is 3.38. The molecule has 0 radical (unpaired) electrons. The van der Waals surface area contributed by atoms with Gasteiger partial charge in [0.15, 0.2) is 6.10 Å². The summed E-state index contributed by atoms with van der Waals surface area (Å²) in [5, 5.41) is 23.4. The summed E-state index contributed by atoms with van der Waals surface area (Å²) in [5.74, 6) is -2.72. The number of carbonyl (C=O) groups excluding carboxylic acids is 2. The van der Waals surface area contributed by atoms with Crippen LogP contribution in [0.5, 0.6) is 0 Å². The standard InChI is InChI=1S/C31H35F2N3O7S/c1-20(2)16-35(44(41,42)24-11-8-22(19-37)9-12-24)17-28(38)26(14-21-6-4-3-5-7-21)34-30(39)29-18-36(31(40)43-29)27-13-10-23(32)15-25(27)33/h3-13,15,20,26,28-29,37-38H,14,16-19H2,1-2H3,(H,34,39)/t26-,28+,29-/m0/s1. The summed E-state index contributed by atoms with van der Waals surface area (Å²) >= 11 is 0. The van der Waals surface area contributed by atoms with Gasteiger partial charge in [0.05, 0.1) is 35.9 Å². The fraction of sp³-hybridized carbons (Fsp3) is 0.355. The minimum Gasteiger partial charge on any atom is -0.434 e. The molecule has 0 saturated carbocycles. The molecule has 1 fully saturated rings. The lowest BCUT2D eigenvalue weighted by Gasteiger charge is -2.31. The number of hydrogen-bond acceptors (Lipinski definition) is 7. The van der Waals surface area contributed by atoms with Crippen LogP contribution in [0.15, 0.2) is 77.7 Å². The first kappa shape index (κ1) is 33.0. The Balaban J connectivity index is 1.55. The van der Waals surface area contributed by atoms with Crippen molar-refractivity contribution in [1.29, 1.82) is 0 Å². The SMILES string of the molecule is CC(C)CN(C[C@@H](O)[C@H](Cc1ccccc1)NC(=O)[C@@H]1CN(c2ccc(F)cc2F)C(=O)O1)S(=O)(=O)c1ccc(CO)cc1. The van der Waals surface area contributed by atoms with Gasteiger partial charge in [0.1, 0.15) is 11.6 Å². The van der Waals surface area contributed by atoms with E-state index < -0.39 is 51.9 Å². The van der Waals surface area contributed by atoms with Crippen molar-refractivity contribution in [2.24, 2.45) is 5.92 Å². The van der Waals surface area contributed by atoms with Crippen LogP contribution < -0.4 is 10.2 Å². The number of nitrogens with one attached hydrogen (secondary N) is 1. The van der Waals surface area contributed by atoms with Crippen molar-refractivity contribution < 1.29 is 41.7 Å². The molecule has 236 valence electrons. The minimum absolute atomic E-state index is 0.0165. The Morgan fingerprint density at radius 1 is 1.05 bits per heavy atom. The van der Waals surface area contributed by atoms with Crippen LogP contribution in [0.4, 0.5) is 19.3 Å². The largest absolute Gasteiger partial charge is 0.434 e. The first-order chi connectivity index (χ1) is 20.9. The molecule has 1 heterocycles. The lowest BCUT2D eigenvalue weighted by atomic mass is 10.0. The molecule has 0 aromatic heterocycles. The predicted octanol–water partition coefficient (Wildman–Crippen LogP) is 3.22. The molecule has 3 N–H and O–H groups in total. The lowest BCUT2D eigenvalue weighted by Crippen LogP contribution is -2.53. The van der Waals surface area contributed by atoms with Crippen LogP contribution in [0.2, 0.25) is 0 Å². The first-order valence-electron chi connectivity index (χ1n) is 14.0. The smallest absolute Gasteiger partial charge is 0.415 e. The molecular weight excluding hydrogens is 596 g/mol. The molecule has 1 aliphatic heterocycles. The van der Waals surface area contributed by atoms with Crippen LogP contribution in [0.25, 0.3) is 0 Å². The molecule has 0 bridgehead atoms. The number of benzene rings is 3. The fourth-order valence-electron chi connectivity index (χ4n) is 4.85. The molecule has 0 aliphatic carbocycles. The van der Waals surface area contributed by atoms with Crippen molar-refractivity contribution in [2.45, 2.75) is 50.0 Å². The second-order valence-electron chi connectivity index (χ2n) is 11.0. The van der Waals surface area contributed by atoms with Crippen molar-refractivity contribution in [2.75, 3.05) is 24.5 Å².